The standard InChI is InChI=1S/C13H14N2O3S2/c1-17-8-2-3-9(10(16)6-8)13-14-12(15-18-13)11-7-19-4-5-20-11/h2-3,6,11,16H,4-5,7H2,1H3. The van der Waals surface area contributed by atoms with Crippen molar-refractivity contribution in [3.63, 3.8) is 0 Å². The fourth-order valence-corrected chi connectivity index (χ4v) is 4.52. The summed E-state index contributed by atoms with van der Waals surface area (Å²) < 4.78 is 10.3. The van der Waals surface area contributed by atoms with Crippen LogP contribution >= 0.6 is 23.5 Å². The molecule has 0 spiro atoms. The predicted molar refractivity (Wildman–Crippen MR) is 80.5 cm³/mol. The summed E-state index contributed by atoms with van der Waals surface area (Å²) >= 11 is 3.75. The Morgan fingerprint density at radius 2 is 2.30 bits per heavy atom. The molecule has 1 aliphatic rings. The van der Waals surface area contributed by atoms with E-state index in [1.807, 2.05) is 23.5 Å². The van der Waals surface area contributed by atoms with Gasteiger partial charge in [0, 0.05) is 23.3 Å². The van der Waals surface area contributed by atoms with Crippen molar-refractivity contribution in [2.45, 2.75) is 5.25 Å². The number of phenols is 1. The van der Waals surface area contributed by atoms with Gasteiger partial charge >= 0.3 is 0 Å². The Bertz CT molecular complexity index is 597. The minimum absolute atomic E-state index is 0.0743. The van der Waals surface area contributed by atoms with Crippen LogP contribution in [0.3, 0.4) is 0 Å². The second-order valence-electron chi connectivity index (χ2n) is 4.28. The normalized spacial score (nSPS) is 18.9. The van der Waals surface area contributed by atoms with E-state index in [-0.39, 0.29) is 11.0 Å². The summed E-state index contributed by atoms with van der Waals surface area (Å²) in [6, 6.07) is 5.00. The van der Waals surface area contributed by atoms with Gasteiger partial charge in [0.25, 0.3) is 5.89 Å². The van der Waals surface area contributed by atoms with Crippen molar-refractivity contribution in [1.29, 1.82) is 0 Å². The third-order valence-corrected chi connectivity index (χ3v) is 5.73. The second-order valence-corrected chi connectivity index (χ2v) is 6.74. The third-order valence-electron chi connectivity index (χ3n) is 2.98. The summed E-state index contributed by atoms with van der Waals surface area (Å²) in [6.07, 6.45) is 0. The number of methoxy groups -OCH3 is 1. The van der Waals surface area contributed by atoms with E-state index < -0.39 is 0 Å². The monoisotopic (exact) mass is 310 g/mol. The van der Waals surface area contributed by atoms with E-state index in [2.05, 4.69) is 10.1 Å². The molecule has 20 heavy (non-hydrogen) atoms. The van der Waals surface area contributed by atoms with Crippen molar-refractivity contribution in [1.82, 2.24) is 10.1 Å². The molecule has 2 aromatic rings. The van der Waals surface area contributed by atoms with Gasteiger partial charge < -0.3 is 14.4 Å². The van der Waals surface area contributed by atoms with Gasteiger partial charge in [-0.2, -0.15) is 16.7 Å². The summed E-state index contributed by atoms with van der Waals surface area (Å²) in [6.45, 7) is 0. The van der Waals surface area contributed by atoms with Gasteiger partial charge in [0.15, 0.2) is 5.82 Å². The highest BCUT2D eigenvalue weighted by Crippen LogP contribution is 2.37. The minimum Gasteiger partial charge on any atom is -0.507 e. The molecule has 0 saturated carbocycles. The zero-order valence-corrected chi connectivity index (χ0v) is 12.5. The molecule has 0 aliphatic carbocycles. The maximum absolute atomic E-state index is 9.98. The Kier molecular flexibility index (Phi) is 4.07. The van der Waals surface area contributed by atoms with Gasteiger partial charge in [0.05, 0.1) is 17.9 Å². The molecule has 7 heteroatoms. The summed E-state index contributed by atoms with van der Waals surface area (Å²) in [4.78, 5) is 4.41. The molecule has 3 rings (SSSR count). The van der Waals surface area contributed by atoms with E-state index in [9.17, 15) is 5.11 Å². The van der Waals surface area contributed by atoms with Crippen LogP contribution in [0.25, 0.3) is 11.5 Å². The highest BCUT2D eigenvalue weighted by molar-refractivity contribution is 8.06. The summed E-state index contributed by atoms with van der Waals surface area (Å²) in [5, 5.41) is 14.3. The van der Waals surface area contributed by atoms with Crippen molar-refractivity contribution in [3.05, 3.63) is 24.0 Å². The van der Waals surface area contributed by atoms with E-state index in [4.69, 9.17) is 9.26 Å². The molecule has 1 unspecified atom stereocenters. The number of hydrogen-bond acceptors (Lipinski definition) is 7. The molecule has 1 fully saturated rings. The molecule has 1 aromatic heterocycles. The Morgan fingerprint density at radius 1 is 1.40 bits per heavy atom. The van der Waals surface area contributed by atoms with Gasteiger partial charge in [0.1, 0.15) is 11.5 Å². The third kappa shape index (κ3) is 2.73. The molecular weight excluding hydrogens is 296 g/mol. The van der Waals surface area contributed by atoms with Crippen molar-refractivity contribution >= 4 is 23.5 Å². The van der Waals surface area contributed by atoms with Gasteiger partial charge in [0.2, 0.25) is 0 Å². The lowest BCUT2D eigenvalue weighted by atomic mass is 10.2. The van der Waals surface area contributed by atoms with Gasteiger partial charge in [-0.3, -0.25) is 0 Å². The molecule has 1 atom stereocenters. The number of nitrogens with zero attached hydrogens (tertiary/aromatic N) is 2. The molecule has 1 saturated heterocycles. The molecule has 1 aromatic carbocycles. The molecule has 0 radical (unpaired) electrons. The maximum Gasteiger partial charge on any atom is 0.261 e. The first-order chi connectivity index (χ1) is 9.78. The highest BCUT2D eigenvalue weighted by Gasteiger charge is 2.23. The van der Waals surface area contributed by atoms with E-state index >= 15 is 0 Å². The van der Waals surface area contributed by atoms with E-state index in [0.29, 0.717) is 23.0 Å². The largest absolute Gasteiger partial charge is 0.507 e. The highest BCUT2D eigenvalue weighted by atomic mass is 32.2. The minimum atomic E-state index is 0.0743. The molecule has 1 aliphatic heterocycles. The fourth-order valence-electron chi connectivity index (χ4n) is 1.93. The SMILES string of the molecule is COc1ccc(-c2nc(C3CSCCS3)no2)c(O)c1. The molecule has 1 N–H and O–H groups in total. The van der Waals surface area contributed by atoms with E-state index in [1.54, 1.807) is 19.2 Å². The van der Waals surface area contributed by atoms with Crippen LogP contribution in [0.4, 0.5) is 0 Å². The van der Waals surface area contributed by atoms with Crippen molar-refractivity contribution in [2.75, 3.05) is 24.4 Å². The number of benzene rings is 1. The van der Waals surface area contributed by atoms with Crippen LogP contribution in [0.2, 0.25) is 0 Å². The first-order valence-electron chi connectivity index (χ1n) is 6.18. The van der Waals surface area contributed by atoms with Crippen molar-refractivity contribution < 1.29 is 14.4 Å². The van der Waals surface area contributed by atoms with Crippen LogP contribution in [0.15, 0.2) is 22.7 Å². The Balaban J connectivity index is 1.85. The summed E-state index contributed by atoms with van der Waals surface area (Å²) in [7, 11) is 1.55. The van der Waals surface area contributed by atoms with Crippen LogP contribution < -0.4 is 4.74 Å². The summed E-state index contributed by atoms with van der Waals surface area (Å²) in [5.74, 6) is 4.98. The lowest BCUT2D eigenvalue weighted by Crippen LogP contribution is -2.07. The van der Waals surface area contributed by atoms with Gasteiger partial charge in [-0.15, -0.1) is 11.8 Å². The first-order valence-corrected chi connectivity index (χ1v) is 8.38. The topological polar surface area (TPSA) is 68.4 Å². The number of aromatic hydroxyl groups is 1. The number of hydrogen-bond donors (Lipinski definition) is 1. The molecule has 2 heterocycles. The van der Waals surface area contributed by atoms with Crippen LogP contribution in [0.5, 0.6) is 11.5 Å². The quantitative estimate of drug-likeness (QED) is 0.934. The lowest BCUT2D eigenvalue weighted by Gasteiger charge is -2.16. The molecular formula is C13H14N2O3S2. The predicted octanol–water partition coefficient (Wildman–Crippen LogP) is 2.97. The van der Waals surface area contributed by atoms with Crippen LogP contribution in [-0.4, -0.2) is 39.6 Å². The molecule has 0 amide bonds. The smallest absolute Gasteiger partial charge is 0.261 e. The molecule has 0 bridgehead atoms. The fraction of sp³-hybridized carbons (Fsp3) is 0.385. The number of thioether (sulfide) groups is 2. The zero-order chi connectivity index (χ0) is 13.9. The van der Waals surface area contributed by atoms with Crippen LogP contribution in [-0.2, 0) is 0 Å². The molecule has 106 valence electrons. The summed E-state index contributed by atoms with van der Waals surface area (Å²) in [5.41, 5.74) is 0.526. The number of ether oxygens (including phenoxy) is 1. The lowest BCUT2D eigenvalue weighted by molar-refractivity contribution is 0.404. The Labute approximate surface area is 125 Å². The average Bonchev–Trinajstić information content (AvgIpc) is 2.97. The Morgan fingerprint density at radius 3 is 3.00 bits per heavy atom. The van der Waals surface area contributed by atoms with Crippen molar-refractivity contribution in [2.24, 2.45) is 0 Å². The van der Waals surface area contributed by atoms with Gasteiger partial charge in [-0.05, 0) is 12.1 Å². The Hall–Kier alpha value is -1.34. The van der Waals surface area contributed by atoms with E-state index in [1.165, 1.54) is 11.8 Å². The zero-order valence-electron chi connectivity index (χ0n) is 10.9. The average molecular weight is 310 g/mol. The van der Waals surface area contributed by atoms with Crippen LogP contribution in [0, 0.1) is 0 Å². The van der Waals surface area contributed by atoms with E-state index in [0.717, 1.165) is 11.5 Å². The first kappa shape index (κ1) is 13.6. The van der Waals surface area contributed by atoms with Crippen molar-refractivity contribution in [3.8, 4) is 23.0 Å². The molecule has 5 nitrogen and oxygen atoms in total. The number of aromatic nitrogens is 2. The van der Waals surface area contributed by atoms with Crippen LogP contribution in [0.1, 0.15) is 11.1 Å². The number of phenolic OH excluding ortho intramolecular Hbond substituents is 1. The number of rotatable bonds is 3. The second kappa shape index (κ2) is 5.97. The van der Waals surface area contributed by atoms with Gasteiger partial charge in [-0.1, -0.05) is 5.16 Å². The maximum atomic E-state index is 9.98. The van der Waals surface area contributed by atoms with Gasteiger partial charge in [-0.25, -0.2) is 0 Å².